The van der Waals surface area contributed by atoms with Gasteiger partial charge >= 0.3 is 5.97 Å². The van der Waals surface area contributed by atoms with Crippen LogP contribution in [-0.2, 0) is 26.2 Å². The van der Waals surface area contributed by atoms with Gasteiger partial charge in [0.25, 0.3) is 10.0 Å². The first-order valence-electron chi connectivity index (χ1n) is 7.31. The lowest BCUT2D eigenvalue weighted by atomic mass is 10.2. The molecule has 0 fully saturated rings. The molecule has 0 aliphatic heterocycles. The van der Waals surface area contributed by atoms with E-state index in [0.29, 0.717) is 0 Å². The molecule has 0 heterocycles. The molecule has 0 spiro atoms. The SMILES string of the molecule is CON(C)S(=O)(=O)c1cccc(C(=O)OCc2ccc(SC)cc2)c1. The van der Waals surface area contributed by atoms with Crippen molar-refractivity contribution in [2.24, 2.45) is 0 Å². The summed E-state index contributed by atoms with van der Waals surface area (Å²) in [7, 11) is -1.29. The van der Waals surface area contributed by atoms with Crippen molar-refractivity contribution in [1.82, 2.24) is 4.47 Å². The van der Waals surface area contributed by atoms with Crippen LogP contribution in [0.3, 0.4) is 0 Å². The molecule has 6 nitrogen and oxygen atoms in total. The number of hydroxylamine groups is 1. The van der Waals surface area contributed by atoms with Crippen LogP contribution < -0.4 is 0 Å². The molecule has 2 aromatic carbocycles. The van der Waals surface area contributed by atoms with E-state index < -0.39 is 16.0 Å². The van der Waals surface area contributed by atoms with E-state index >= 15 is 0 Å². The van der Waals surface area contributed by atoms with Crippen LogP contribution in [0.2, 0.25) is 0 Å². The number of hydrogen-bond donors (Lipinski definition) is 0. The van der Waals surface area contributed by atoms with E-state index in [4.69, 9.17) is 9.57 Å². The first-order valence-corrected chi connectivity index (χ1v) is 9.98. The van der Waals surface area contributed by atoms with Crippen LogP contribution in [0.15, 0.2) is 58.3 Å². The number of nitrogens with zero attached hydrogens (tertiary/aromatic N) is 1. The van der Waals surface area contributed by atoms with Gasteiger partial charge in [0.1, 0.15) is 6.61 Å². The Labute approximate surface area is 151 Å². The molecule has 134 valence electrons. The summed E-state index contributed by atoms with van der Waals surface area (Å²) >= 11 is 1.63. The Hall–Kier alpha value is -1.87. The topological polar surface area (TPSA) is 72.9 Å². The van der Waals surface area contributed by atoms with Crippen LogP contribution in [0.25, 0.3) is 0 Å². The molecular formula is C17H19NO5S2. The van der Waals surface area contributed by atoms with Crippen LogP contribution in [-0.4, -0.2) is 39.3 Å². The molecule has 25 heavy (non-hydrogen) atoms. The molecular weight excluding hydrogens is 362 g/mol. The van der Waals surface area contributed by atoms with E-state index in [9.17, 15) is 13.2 Å². The Morgan fingerprint density at radius 1 is 1.16 bits per heavy atom. The number of carbonyl (C=O) groups excluding carboxylic acids is 1. The van der Waals surface area contributed by atoms with E-state index in [1.54, 1.807) is 11.8 Å². The zero-order valence-corrected chi connectivity index (χ0v) is 15.8. The van der Waals surface area contributed by atoms with Crippen LogP contribution >= 0.6 is 11.8 Å². The summed E-state index contributed by atoms with van der Waals surface area (Å²) in [6.45, 7) is 0.114. The summed E-state index contributed by atoms with van der Waals surface area (Å²) in [6.07, 6.45) is 1.98. The highest BCUT2D eigenvalue weighted by molar-refractivity contribution is 7.98. The molecule has 2 rings (SSSR count). The molecule has 8 heteroatoms. The highest BCUT2D eigenvalue weighted by Gasteiger charge is 2.22. The van der Waals surface area contributed by atoms with E-state index in [1.165, 1.54) is 38.4 Å². The molecule has 0 bridgehead atoms. The molecule has 0 saturated carbocycles. The van der Waals surface area contributed by atoms with Crippen molar-refractivity contribution in [2.45, 2.75) is 16.4 Å². The minimum absolute atomic E-state index is 0.0457. The number of sulfonamides is 1. The zero-order valence-electron chi connectivity index (χ0n) is 14.1. The van der Waals surface area contributed by atoms with E-state index in [1.807, 2.05) is 30.5 Å². The van der Waals surface area contributed by atoms with Gasteiger partial charge in [-0.1, -0.05) is 22.7 Å². The highest BCUT2D eigenvalue weighted by atomic mass is 32.2. The smallest absolute Gasteiger partial charge is 0.338 e. The van der Waals surface area contributed by atoms with Crippen molar-refractivity contribution in [1.29, 1.82) is 0 Å². The van der Waals surface area contributed by atoms with Gasteiger partial charge < -0.3 is 4.74 Å². The molecule has 0 atom stereocenters. The number of esters is 1. The van der Waals surface area contributed by atoms with Crippen LogP contribution in [0.5, 0.6) is 0 Å². The number of ether oxygens (including phenoxy) is 1. The monoisotopic (exact) mass is 381 g/mol. The molecule has 0 N–H and O–H groups in total. The van der Waals surface area contributed by atoms with Gasteiger partial charge in [0.2, 0.25) is 0 Å². The third kappa shape index (κ3) is 4.82. The average molecular weight is 381 g/mol. The fourth-order valence-electron chi connectivity index (χ4n) is 1.98. The van der Waals surface area contributed by atoms with Crippen LogP contribution in [0, 0.1) is 0 Å². The maximum atomic E-state index is 12.2. The van der Waals surface area contributed by atoms with Crippen molar-refractivity contribution < 1.29 is 22.8 Å². The minimum Gasteiger partial charge on any atom is -0.457 e. The number of carbonyl (C=O) groups is 1. The second-order valence-electron chi connectivity index (χ2n) is 5.05. The second-order valence-corrected chi connectivity index (χ2v) is 7.86. The Morgan fingerprint density at radius 3 is 2.44 bits per heavy atom. The number of benzene rings is 2. The van der Waals surface area contributed by atoms with Gasteiger partial charge in [-0.2, -0.15) is 0 Å². The van der Waals surface area contributed by atoms with Crippen molar-refractivity contribution in [3.05, 3.63) is 59.7 Å². The maximum absolute atomic E-state index is 12.2. The van der Waals surface area contributed by atoms with Gasteiger partial charge in [-0.05, 0) is 42.2 Å². The zero-order chi connectivity index (χ0) is 18.4. The normalized spacial score (nSPS) is 11.5. The van der Waals surface area contributed by atoms with Gasteiger partial charge in [0.15, 0.2) is 0 Å². The number of hydrogen-bond acceptors (Lipinski definition) is 6. The van der Waals surface area contributed by atoms with Crippen molar-refractivity contribution >= 4 is 27.8 Å². The van der Waals surface area contributed by atoms with Crippen molar-refractivity contribution in [3.8, 4) is 0 Å². The van der Waals surface area contributed by atoms with E-state index in [-0.39, 0.29) is 17.1 Å². The first kappa shape index (κ1) is 19.5. The average Bonchev–Trinajstić information content (AvgIpc) is 2.65. The third-order valence-corrected chi connectivity index (χ3v) is 5.91. The Morgan fingerprint density at radius 2 is 1.84 bits per heavy atom. The summed E-state index contributed by atoms with van der Waals surface area (Å²) in [5, 5.41) is 0. The molecule has 0 amide bonds. The van der Waals surface area contributed by atoms with Gasteiger partial charge in [0.05, 0.1) is 17.6 Å². The Kier molecular flexibility index (Phi) is 6.60. The minimum atomic E-state index is -3.82. The number of rotatable bonds is 7. The summed E-state index contributed by atoms with van der Waals surface area (Å²) in [6, 6.07) is 13.3. The summed E-state index contributed by atoms with van der Waals surface area (Å²) < 4.78 is 30.4. The first-order chi connectivity index (χ1) is 11.9. The standard InChI is InChI=1S/C17H19NO5S2/c1-18(22-2)25(20,21)16-6-4-5-14(11-16)17(19)23-12-13-7-9-15(24-3)10-8-13/h4-11H,12H2,1-3H3. The summed E-state index contributed by atoms with van der Waals surface area (Å²) in [5.41, 5.74) is 1.01. The maximum Gasteiger partial charge on any atom is 0.338 e. The molecule has 0 aliphatic rings. The molecule has 2 aromatic rings. The summed E-state index contributed by atoms with van der Waals surface area (Å²) in [4.78, 5) is 18.0. The van der Waals surface area contributed by atoms with Crippen LogP contribution in [0.4, 0.5) is 0 Å². The fourth-order valence-corrected chi connectivity index (χ4v) is 3.41. The molecule has 0 unspecified atom stereocenters. The van der Waals surface area contributed by atoms with Crippen molar-refractivity contribution in [3.63, 3.8) is 0 Å². The second kappa shape index (κ2) is 8.48. The predicted octanol–water partition coefficient (Wildman–Crippen LogP) is 2.95. The van der Waals surface area contributed by atoms with Gasteiger partial charge in [-0.15, -0.1) is 11.8 Å². The quantitative estimate of drug-likeness (QED) is 0.417. The molecule has 0 aliphatic carbocycles. The lowest BCUT2D eigenvalue weighted by molar-refractivity contribution is -0.0258. The van der Waals surface area contributed by atoms with E-state index in [2.05, 4.69) is 0 Å². The van der Waals surface area contributed by atoms with Gasteiger partial charge in [-0.25, -0.2) is 13.2 Å². The van der Waals surface area contributed by atoms with E-state index in [0.717, 1.165) is 14.9 Å². The predicted molar refractivity (Wildman–Crippen MR) is 95.7 cm³/mol. The third-order valence-electron chi connectivity index (χ3n) is 3.49. The highest BCUT2D eigenvalue weighted by Crippen LogP contribution is 2.18. The summed E-state index contributed by atoms with van der Waals surface area (Å²) in [5.74, 6) is -0.592. The Balaban J connectivity index is 2.10. The van der Waals surface area contributed by atoms with Crippen LogP contribution in [0.1, 0.15) is 15.9 Å². The number of thioether (sulfide) groups is 1. The lowest BCUT2D eigenvalue weighted by Gasteiger charge is -2.14. The van der Waals surface area contributed by atoms with Gasteiger partial charge in [-0.3, -0.25) is 4.84 Å². The molecule has 0 aromatic heterocycles. The van der Waals surface area contributed by atoms with Gasteiger partial charge in [0, 0.05) is 11.9 Å². The lowest BCUT2D eigenvalue weighted by Crippen LogP contribution is -2.25. The fraction of sp³-hybridized carbons (Fsp3) is 0.235. The van der Waals surface area contributed by atoms with Crippen molar-refractivity contribution in [2.75, 3.05) is 20.4 Å². The molecule has 0 saturated heterocycles. The molecule has 0 radical (unpaired) electrons. The largest absolute Gasteiger partial charge is 0.457 e. The Bertz CT molecular complexity index is 834.